The Balaban J connectivity index is 1.96. The van der Waals surface area contributed by atoms with Gasteiger partial charge in [0.25, 0.3) is 5.91 Å². The number of nitrogens with zero attached hydrogens (tertiary/aromatic N) is 1. The van der Waals surface area contributed by atoms with Gasteiger partial charge in [-0.2, -0.15) is 0 Å². The second kappa shape index (κ2) is 4.85. The number of carboxylic acid groups (broad SMARTS) is 1. The molecule has 0 bridgehead atoms. The Morgan fingerprint density at radius 1 is 1.20 bits per heavy atom. The molecule has 5 heteroatoms. The molecule has 2 aromatic rings. The van der Waals surface area contributed by atoms with E-state index in [9.17, 15) is 14.7 Å². The first-order valence-electron chi connectivity index (χ1n) is 6.29. The van der Waals surface area contributed by atoms with Crippen molar-refractivity contribution in [3.05, 3.63) is 59.5 Å². The molecule has 0 saturated carbocycles. The standard InChI is InChI=1S/C15H13NO4/c17-14(12-5-6-20-9-12)16-8-11-4-2-1-3-10(11)7-13(16)15(18)19/h1-6,9,13H,7-8H2,(H,18,19). The molecule has 0 fully saturated rings. The zero-order valence-corrected chi connectivity index (χ0v) is 10.7. The average Bonchev–Trinajstić information content (AvgIpc) is 2.99. The van der Waals surface area contributed by atoms with Crippen LogP contribution in [0.5, 0.6) is 0 Å². The maximum Gasteiger partial charge on any atom is 0.326 e. The lowest BCUT2D eigenvalue weighted by atomic mass is 9.93. The van der Waals surface area contributed by atoms with Gasteiger partial charge in [-0.1, -0.05) is 24.3 Å². The highest BCUT2D eigenvalue weighted by Gasteiger charge is 2.35. The summed E-state index contributed by atoms with van der Waals surface area (Å²) in [6.45, 7) is 0.303. The van der Waals surface area contributed by atoms with Crippen LogP contribution in [-0.4, -0.2) is 27.9 Å². The van der Waals surface area contributed by atoms with Gasteiger partial charge < -0.3 is 14.4 Å². The van der Waals surface area contributed by atoms with Crippen molar-refractivity contribution in [1.82, 2.24) is 4.90 Å². The predicted molar refractivity (Wildman–Crippen MR) is 70.2 cm³/mol. The van der Waals surface area contributed by atoms with E-state index in [1.165, 1.54) is 17.4 Å². The average molecular weight is 271 g/mol. The van der Waals surface area contributed by atoms with Crippen LogP contribution in [0.4, 0.5) is 0 Å². The van der Waals surface area contributed by atoms with Crippen molar-refractivity contribution in [2.75, 3.05) is 0 Å². The number of furan rings is 1. The molecule has 1 aromatic heterocycles. The minimum absolute atomic E-state index is 0.303. The molecule has 1 N–H and O–H groups in total. The fourth-order valence-electron chi connectivity index (χ4n) is 2.51. The van der Waals surface area contributed by atoms with E-state index in [4.69, 9.17) is 4.42 Å². The molecule has 20 heavy (non-hydrogen) atoms. The molecule has 0 radical (unpaired) electrons. The van der Waals surface area contributed by atoms with Gasteiger partial charge in [0, 0.05) is 13.0 Å². The number of rotatable bonds is 2. The number of fused-ring (bicyclic) bond motifs is 1. The van der Waals surface area contributed by atoms with E-state index < -0.39 is 12.0 Å². The molecule has 1 aromatic carbocycles. The highest BCUT2D eigenvalue weighted by molar-refractivity contribution is 5.96. The number of carbonyl (C=O) groups excluding carboxylic acids is 1. The molecule has 102 valence electrons. The van der Waals surface area contributed by atoms with Crippen LogP contribution in [0, 0.1) is 0 Å². The van der Waals surface area contributed by atoms with Gasteiger partial charge in [-0.15, -0.1) is 0 Å². The van der Waals surface area contributed by atoms with Crippen LogP contribution in [0.3, 0.4) is 0 Å². The third-order valence-electron chi connectivity index (χ3n) is 3.56. The molecular formula is C15H13NO4. The van der Waals surface area contributed by atoms with Gasteiger partial charge in [-0.3, -0.25) is 4.79 Å². The fourth-order valence-corrected chi connectivity index (χ4v) is 2.51. The van der Waals surface area contributed by atoms with Crippen molar-refractivity contribution < 1.29 is 19.1 Å². The van der Waals surface area contributed by atoms with Crippen LogP contribution in [0.1, 0.15) is 21.5 Å². The maximum absolute atomic E-state index is 12.4. The van der Waals surface area contributed by atoms with Crippen LogP contribution >= 0.6 is 0 Å². The van der Waals surface area contributed by atoms with E-state index in [-0.39, 0.29) is 5.91 Å². The first-order valence-corrected chi connectivity index (χ1v) is 6.29. The Bertz CT molecular complexity index is 648. The Kier molecular flexibility index (Phi) is 3.02. The zero-order valence-electron chi connectivity index (χ0n) is 10.7. The zero-order chi connectivity index (χ0) is 14.1. The van der Waals surface area contributed by atoms with Crippen molar-refractivity contribution in [1.29, 1.82) is 0 Å². The van der Waals surface area contributed by atoms with Crippen LogP contribution in [0.2, 0.25) is 0 Å². The normalized spacial score (nSPS) is 17.6. The van der Waals surface area contributed by atoms with E-state index in [2.05, 4.69) is 0 Å². The SMILES string of the molecule is O=C(O)C1Cc2ccccc2CN1C(=O)c1ccoc1. The van der Waals surface area contributed by atoms with Gasteiger partial charge in [0.15, 0.2) is 0 Å². The van der Waals surface area contributed by atoms with Crippen LogP contribution in [0.15, 0.2) is 47.3 Å². The topological polar surface area (TPSA) is 70.8 Å². The van der Waals surface area contributed by atoms with Gasteiger partial charge in [0.2, 0.25) is 0 Å². The summed E-state index contributed by atoms with van der Waals surface area (Å²) in [6.07, 6.45) is 3.07. The Morgan fingerprint density at radius 2 is 1.95 bits per heavy atom. The van der Waals surface area contributed by atoms with E-state index in [1.807, 2.05) is 24.3 Å². The molecule has 0 aliphatic carbocycles. The molecule has 5 nitrogen and oxygen atoms in total. The van der Waals surface area contributed by atoms with Crippen molar-refractivity contribution in [3.8, 4) is 0 Å². The summed E-state index contributed by atoms with van der Waals surface area (Å²) in [6, 6.07) is 8.30. The summed E-state index contributed by atoms with van der Waals surface area (Å²) < 4.78 is 4.90. The van der Waals surface area contributed by atoms with Crippen molar-refractivity contribution in [2.45, 2.75) is 19.0 Å². The van der Waals surface area contributed by atoms with Gasteiger partial charge in [-0.25, -0.2) is 4.79 Å². The predicted octanol–water partition coefficient (Wildman–Crippen LogP) is 1.93. The quantitative estimate of drug-likeness (QED) is 0.906. The molecule has 0 spiro atoms. The summed E-state index contributed by atoms with van der Waals surface area (Å²) in [5.41, 5.74) is 2.34. The number of hydrogen-bond acceptors (Lipinski definition) is 3. The fraction of sp³-hybridized carbons (Fsp3) is 0.200. The highest BCUT2D eigenvalue weighted by Crippen LogP contribution is 2.25. The second-order valence-corrected chi connectivity index (χ2v) is 4.77. The first-order chi connectivity index (χ1) is 9.66. The molecule has 1 atom stereocenters. The third kappa shape index (κ3) is 2.07. The Hall–Kier alpha value is -2.56. The second-order valence-electron chi connectivity index (χ2n) is 4.77. The lowest BCUT2D eigenvalue weighted by molar-refractivity contribution is -0.142. The number of benzene rings is 1. The lowest BCUT2D eigenvalue weighted by Gasteiger charge is -2.34. The molecule has 1 amide bonds. The van der Waals surface area contributed by atoms with Gasteiger partial charge in [0.1, 0.15) is 12.3 Å². The molecule has 1 unspecified atom stereocenters. The van der Waals surface area contributed by atoms with Gasteiger partial charge in [-0.05, 0) is 17.2 Å². The van der Waals surface area contributed by atoms with Crippen LogP contribution < -0.4 is 0 Å². The number of carboxylic acids is 1. The van der Waals surface area contributed by atoms with Crippen molar-refractivity contribution in [3.63, 3.8) is 0 Å². The summed E-state index contributed by atoms with van der Waals surface area (Å²) in [5.74, 6) is -1.31. The number of hydrogen-bond donors (Lipinski definition) is 1. The van der Waals surface area contributed by atoms with Crippen molar-refractivity contribution in [2.24, 2.45) is 0 Å². The summed E-state index contributed by atoms with van der Waals surface area (Å²) in [7, 11) is 0. The molecule has 1 aliphatic rings. The van der Waals surface area contributed by atoms with E-state index in [1.54, 1.807) is 6.07 Å². The van der Waals surface area contributed by atoms with Crippen molar-refractivity contribution >= 4 is 11.9 Å². The number of carbonyl (C=O) groups is 2. The lowest BCUT2D eigenvalue weighted by Crippen LogP contribution is -2.48. The Morgan fingerprint density at radius 3 is 2.60 bits per heavy atom. The molecular weight excluding hydrogens is 258 g/mol. The third-order valence-corrected chi connectivity index (χ3v) is 3.56. The van der Waals surface area contributed by atoms with E-state index in [0.29, 0.717) is 18.5 Å². The van der Waals surface area contributed by atoms with E-state index >= 15 is 0 Å². The van der Waals surface area contributed by atoms with Crippen LogP contribution in [-0.2, 0) is 17.8 Å². The number of aliphatic carboxylic acids is 1. The monoisotopic (exact) mass is 271 g/mol. The number of amides is 1. The van der Waals surface area contributed by atoms with E-state index in [0.717, 1.165) is 11.1 Å². The molecule has 3 rings (SSSR count). The van der Waals surface area contributed by atoms with Gasteiger partial charge in [0.05, 0.1) is 11.8 Å². The first kappa shape index (κ1) is 12.5. The molecule has 0 saturated heterocycles. The highest BCUT2D eigenvalue weighted by atomic mass is 16.4. The maximum atomic E-state index is 12.4. The summed E-state index contributed by atoms with van der Waals surface area (Å²) in [4.78, 5) is 25.2. The molecule has 2 heterocycles. The van der Waals surface area contributed by atoms with Gasteiger partial charge >= 0.3 is 5.97 Å². The largest absolute Gasteiger partial charge is 0.480 e. The smallest absolute Gasteiger partial charge is 0.326 e. The van der Waals surface area contributed by atoms with Crippen LogP contribution in [0.25, 0.3) is 0 Å². The summed E-state index contributed by atoms with van der Waals surface area (Å²) >= 11 is 0. The summed E-state index contributed by atoms with van der Waals surface area (Å²) in [5, 5.41) is 9.36. The molecule has 1 aliphatic heterocycles. The minimum Gasteiger partial charge on any atom is -0.480 e. The minimum atomic E-state index is -0.989. The Labute approximate surface area is 115 Å².